The first-order valence-electron chi connectivity index (χ1n) is 6.36. The molecule has 2 fully saturated rings. The van der Waals surface area contributed by atoms with Crippen molar-refractivity contribution in [2.45, 2.75) is 24.7 Å². The van der Waals surface area contributed by atoms with Gasteiger partial charge in [0.25, 0.3) is 0 Å². The number of rotatable bonds is 5. The van der Waals surface area contributed by atoms with Crippen LogP contribution in [0.2, 0.25) is 0 Å². The summed E-state index contributed by atoms with van der Waals surface area (Å²) in [4.78, 5) is 2.34. The van der Waals surface area contributed by atoms with Crippen LogP contribution in [-0.4, -0.2) is 70.2 Å². The van der Waals surface area contributed by atoms with Crippen molar-refractivity contribution in [3.05, 3.63) is 0 Å². The summed E-state index contributed by atoms with van der Waals surface area (Å²) in [6.45, 7) is 4.41. The van der Waals surface area contributed by atoms with Gasteiger partial charge in [0.15, 0.2) is 0 Å². The Balaban J connectivity index is 1.79. The minimum atomic E-state index is 0.173. The molecule has 2 heterocycles. The van der Waals surface area contributed by atoms with Gasteiger partial charge in [-0.15, -0.1) is 0 Å². The number of hydrogen-bond acceptors (Lipinski definition) is 5. The molecule has 0 aromatic heterocycles. The lowest BCUT2D eigenvalue weighted by atomic mass is 10.00. The average molecular weight is 244 g/mol. The third-order valence-corrected chi connectivity index (χ3v) is 3.94. The summed E-state index contributed by atoms with van der Waals surface area (Å²) >= 11 is 0. The summed E-state index contributed by atoms with van der Waals surface area (Å²) in [5.74, 6) is 0.512. The van der Waals surface area contributed by atoms with Gasteiger partial charge in [-0.05, 0) is 6.42 Å². The lowest BCUT2D eigenvalue weighted by Crippen LogP contribution is -2.42. The number of methoxy groups -OCH3 is 2. The summed E-state index contributed by atoms with van der Waals surface area (Å²) in [7, 11) is 3.48. The summed E-state index contributed by atoms with van der Waals surface area (Å²) in [6.07, 6.45) is 1.44. The van der Waals surface area contributed by atoms with Gasteiger partial charge in [-0.25, -0.2) is 0 Å². The monoisotopic (exact) mass is 244 g/mol. The number of likely N-dealkylation sites (tertiary alicyclic amines) is 1. The number of hydrogen-bond donors (Lipinski definition) is 1. The molecule has 0 aromatic rings. The standard InChI is InChI=1S/C12H24N2O3/c1-15-11-6-14(7-12(11)16-2)5-10(13)9-3-4-17-8-9/h9-12H,3-8,13H2,1-2H3. The maximum atomic E-state index is 6.23. The second-order valence-electron chi connectivity index (χ2n) is 5.05. The van der Waals surface area contributed by atoms with E-state index in [0.717, 1.165) is 39.3 Å². The zero-order valence-corrected chi connectivity index (χ0v) is 10.8. The molecule has 4 unspecified atom stereocenters. The topological polar surface area (TPSA) is 57.0 Å². The third kappa shape index (κ3) is 3.17. The first-order valence-corrected chi connectivity index (χ1v) is 6.36. The highest BCUT2D eigenvalue weighted by Crippen LogP contribution is 2.20. The van der Waals surface area contributed by atoms with E-state index in [0.29, 0.717) is 5.92 Å². The fraction of sp³-hybridized carbons (Fsp3) is 1.00. The molecule has 100 valence electrons. The van der Waals surface area contributed by atoms with Crippen molar-refractivity contribution in [1.29, 1.82) is 0 Å². The molecule has 0 amide bonds. The normalized spacial score (nSPS) is 36.5. The van der Waals surface area contributed by atoms with Gasteiger partial charge in [-0.1, -0.05) is 0 Å². The van der Waals surface area contributed by atoms with Gasteiger partial charge in [-0.2, -0.15) is 0 Å². The number of ether oxygens (including phenoxy) is 3. The van der Waals surface area contributed by atoms with Gasteiger partial charge in [0.05, 0.1) is 18.8 Å². The minimum absolute atomic E-state index is 0.173. The maximum Gasteiger partial charge on any atom is 0.0971 e. The maximum absolute atomic E-state index is 6.23. The van der Waals surface area contributed by atoms with Crippen LogP contribution in [0.5, 0.6) is 0 Å². The second kappa shape index (κ2) is 6.11. The molecule has 0 spiro atoms. The van der Waals surface area contributed by atoms with Crippen LogP contribution in [0.15, 0.2) is 0 Å². The molecule has 0 radical (unpaired) electrons. The highest BCUT2D eigenvalue weighted by atomic mass is 16.5. The molecule has 5 nitrogen and oxygen atoms in total. The molecular weight excluding hydrogens is 220 g/mol. The van der Waals surface area contributed by atoms with Gasteiger partial charge in [-0.3, -0.25) is 4.90 Å². The van der Waals surface area contributed by atoms with Crippen LogP contribution in [0.3, 0.4) is 0 Å². The van der Waals surface area contributed by atoms with E-state index in [9.17, 15) is 0 Å². The Morgan fingerprint density at radius 2 is 1.94 bits per heavy atom. The first kappa shape index (κ1) is 13.2. The molecule has 0 aliphatic carbocycles. The Kier molecular flexibility index (Phi) is 4.76. The predicted octanol–water partition coefficient (Wildman–Crippen LogP) is -0.304. The van der Waals surface area contributed by atoms with E-state index in [1.165, 1.54) is 0 Å². The number of nitrogens with two attached hydrogens (primary N) is 1. The van der Waals surface area contributed by atoms with Gasteiger partial charge in [0.1, 0.15) is 0 Å². The van der Waals surface area contributed by atoms with E-state index in [2.05, 4.69) is 4.90 Å². The second-order valence-corrected chi connectivity index (χ2v) is 5.05. The Labute approximate surface area is 103 Å². The highest BCUT2D eigenvalue weighted by Gasteiger charge is 2.34. The van der Waals surface area contributed by atoms with Crippen molar-refractivity contribution >= 4 is 0 Å². The zero-order chi connectivity index (χ0) is 12.3. The van der Waals surface area contributed by atoms with Gasteiger partial charge in [0, 0.05) is 52.4 Å². The summed E-state index contributed by atoms with van der Waals surface area (Å²) in [5, 5.41) is 0. The van der Waals surface area contributed by atoms with Crippen molar-refractivity contribution < 1.29 is 14.2 Å². The minimum Gasteiger partial charge on any atom is -0.381 e. The van der Waals surface area contributed by atoms with E-state index >= 15 is 0 Å². The van der Waals surface area contributed by atoms with Crippen LogP contribution >= 0.6 is 0 Å². The number of nitrogens with zero attached hydrogens (tertiary/aromatic N) is 1. The highest BCUT2D eigenvalue weighted by molar-refractivity contribution is 4.89. The quantitative estimate of drug-likeness (QED) is 0.719. The van der Waals surface area contributed by atoms with Crippen molar-refractivity contribution in [2.75, 3.05) is 47.1 Å². The van der Waals surface area contributed by atoms with Crippen molar-refractivity contribution in [2.24, 2.45) is 11.7 Å². The van der Waals surface area contributed by atoms with Crippen LogP contribution in [0.4, 0.5) is 0 Å². The van der Waals surface area contributed by atoms with E-state index in [1.54, 1.807) is 14.2 Å². The molecule has 0 bridgehead atoms. The summed E-state index contributed by atoms with van der Waals surface area (Å²) in [6, 6.07) is 0.200. The molecule has 4 atom stereocenters. The van der Waals surface area contributed by atoms with E-state index in [1.807, 2.05) is 0 Å². The molecule has 2 rings (SSSR count). The molecule has 2 N–H and O–H groups in total. The van der Waals surface area contributed by atoms with Crippen LogP contribution in [-0.2, 0) is 14.2 Å². The Morgan fingerprint density at radius 1 is 1.29 bits per heavy atom. The lowest BCUT2D eigenvalue weighted by molar-refractivity contribution is -0.00461. The molecule has 17 heavy (non-hydrogen) atoms. The third-order valence-electron chi connectivity index (χ3n) is 3.94. The van der Waals surface area contributed by atoms with Gasteiger partial charge in [0.2, 0.25) is 0 Å². The van der Waals surface area contributed by atoms with E-state index in [-0.39, 0.29) is 18.2 Å². The molecule has 2 saturated heterocycles. The fourth-order valence-electron chi connectivity index (χ4n) is 2.76. The predicted molar refractivity (Wildman–Crippen MR) is 64.9 cm³/mol. The fourth-order valence-corrected chi connectivity index (χ4v) is 2.76. The van der Waals surface area contributed by atoms with Gasteiger partial charge < -0.3 is 19.9 Å². The smallest absolute Gasteiger partial charge is 0.0971 e. The van der Waals surface area contributed by atoms with Crippen LogP contribution in [0.1, 0.15) is 6.42 Å². The van der Waals surface area contributed by atoms with Gasteiger partial charge >= 0.3 is 0 Å². The van der Waals surface area contributed by atoms with Crippen molar-refractivity contribution in [3.8, 4) is 0 Å². The molecule has 5 heteroatoms. The molecule has 2 aliphatic heterocycles. The Bertz CT molecular complexity index is 222. The lowest BCUT2D eigenvalue weighted by Gasteiger charge is -2.24. The van der Waals surface area contributed by atoms with Crippen LogP contribution in [0, 0.1) is 5.92 Å². The van der Waals surface area contributed by atoms with Crippen molar-refractivity contribution in [3.63, 3.8) is 0 Å². The molecule has 2 aliphatic rings. The summed E-state index contributed by atoms with van der Waals surface area (Å²) in [5.41, 5.74) is 6.23. The van der Waals surface area contributed by atoms with Crippen molar-refractivity contribution in [1.82, 2.24) is 4.90 Å². The van der Waals surface area contributed by atoms with E-state index < -0.39 is 0 Å². The molecule has 0 saturated carbocycles. The molecule has 0 aromatic carbocycles. The first-order chi connectivity index (χ1) is 8.24. The van der Waals surface area contributed by atoms with E-state index in [4.69, 9.17) is 19.9 Å². The molecular formula is C12H24N2O3. The Morgan fingerprint density at radius 3 is 2.41 bits per heavy atom. The van der Waals surface area contributed by atoms with Crippen LogP contribution in [0.25, 0.3) is 0 Å². The largest absolute Gasteiger partial charge is 0.381 e. The Hall–Kier alpha value is -0.200. The summed E-state index contributed by atoms with van der Waals surface area (Å²) < 4.78 is 16.2. The zero-order valence-electron chi connectivity index (χ0n) is 10.8. The average Bonchev–Trinajstić information content (AvgIpc) is 2.97. The SMILES string of the molecule is COC1CN(CC(N)C2CCOC2)CC1OC. The van der Waals surface area contributed by atoms with Crippen LogP contribution < -0.4 is 5.73 Å².